The SMILES string of the molecule is CCOC(CN[C@H]1c2cc3nc(Cl)cc(C)c3cc2OC(C)(C)[C@@H]1O)OCC. The van der Waals surface area contributed by atoms with E-state index < -0.39 is 11.7 Å². The summed E-state index contributed by atoms with van der Waals surface area (Å²) in [5.74, 6) is 0.733. The van der Waals surface area contributed by atoms with Crippen molar-refractivity contribution in [2.75, 3.05) is 19.8 Å². The van der Waals surface area contributed by atoms with Crippen molar-refractivity contribution in [2.45, 2.75) is 58.7 Å². The summed E-state index contributed by atoms with van der Waals surface area (Å²) in [4.78, 5) is 4.45. The van der Waals surface area contributed by atoms with Gasteiger partial charge in [-0.1, -0.05) is 11.6 Å². The molecule has 0 unspecified atom stereocenters. The minimum Gasteiger partial charge on any atom is -0.485 e. The number of ether oxygens (including phenoxy) is 3. The van der Waals surface area contributed by atoms with Gasteiger partial charge in [-0.2, -0.15) is 0 Å². The van der Waals surface area contributed by atoms with Gasteiger partial charge in [0.25, 0.3) is 0 Å². The Labute approximate surface area is 171 Å². The number of fused-ring (bicyclic) bond motifs is 2. The zero-order valence-corrected chi connectivity index (χ0v) is 17.8. The van der Waals surface area contributed by atoms with Gasteiger partial charge in [-0.15, -0.1) is 0 Å². The average Bonchev–Trinajstić information content (AvgIpc) is 2.61. The first-order valence-electron chi connectivity index (χ1n) is 9.71. The number of nitrogens with zero attached hydrogens (tertiary/aromatic N) is 1. The third-order valence-electron chi connectivity index (χ3n) is 5.06. The van der Waals surface area contributed by atoms with Crippen molar-refractivity contribution in [1.82, 2.24) is 10.3 Å². The molecule has 0 fully saturated rings. The monoisotopic (exact) mass is 408 g/mol. The molecule has 1 aliphatic rings. The number of rotatable bonds is 7. The molecule has 28 heavy (non-hydrogen) atoms. The van der Waals surface area contributed by atoms with E-state index in [-0.39, 0.29) is 12.3 Å². The molecule has 0 radical (unpaired) electrons. The summed E-state index contributed by atoms with van der Waals surface area (Å²) in [7, 11) is 0. The molecule has 2 heterocycles. The number of halogens is 1. The van der Waals surface area contributed by atoms with Gasteiger partial charge in [0.2, 0.25) is 0 Å². The highest BCUT2D eigenvalue weighted by molar-refractivity contribution is 6.29. The minimum atomic E-state index is -0.762. The van der Waals surface area contributed by atoms with Gasteiger partial charge in [-0.05, 0) is 58.4 Å². The van der Waals surface area contributed by atoms with Crippen LogP contribution >= 0.6 is 11.6 Å². The Morgan fingerprint density at radius 3 is 2.57 bits per heavy atom. The summed E-state index contributed by atoms with van der Waals surface area (Å²) in [6.45, 7) is 11.2. The van der Waals surface area contributed by atoms with E-state index in [0.29, 0.717) is 24.9 Å². The van der Waals surface area contributed by atoms with E-state index in [0.717, 1.165) is 27.8 Å². The Balaban J connectivity index is 1.99. The molecule has 0 aliphatic carbocycles. The fourth-order valence-electron chi connectivity index (χ4n) is 3.63. The van der Waals surface area contributed by atoms with Crippen LogP contribution in [0, 0.1) is 6.92 Å². The standard InChI is InChI=1S/C21H29ClN2O4/c1-6-26-18(27-7-2)11-23-19-14-9-15-13(12(3)8-17(22)24-15)10-16(14)28-21(4,5)20(19)25/h8-10,18-20,23,25H,6-7,11H2,1-5H3/t19-,20+/m0/s1. The van der Waals surface area contributed by atoms with Crippen LogP contribution in [0.2, 0.25) is 5.15 Å². The predicted molar refractivity (Wildman–Crippen MR) is 110 cm³/mol. The lowest BCUT2D eigenvalue weighted by Crippen LogP contribution is -2.53. The van der Waals surface area contributed by atoms with Crippen molar-refractivity contribution in [2.24, 2.45) is 0 Å². The largest absolute Gasteiger partial charge is 0.485 e. The van der Waals surface area contributed by atoms with E-state index >= 15 is 0 Å². The highest BCUT2D eigenvalue weighted by Crippen LogP contribution is 2.42. The molecule has 1 aliphatic heterocycles. The molecule has 6 nitrogen and oxygen atoms in total. The Kier molecular flexibility index (Phi) is 6.47. The van der Waals surface area contributed by atoms with Crippen LogP contribution in [0.1, 0.15) is 44.9 Å². The number of aliphatic hydroxyl groups excluding tert-OH is 1. The van der Waals surface area contributed by atoms with E-state index in [1.165, 1.54) is 0 Å². The highest BCUT2D eigenvalue weighted by atomic mass is 35.5. The topological polar surface area (TPSA) is 72.8 Å². The molecular weight excluding hydrogens is 380 g/mol. The Morgan fingerprint density at radius 2 is 1.93 bits per heavy atom. The summed E-state index contributed by atoms with van der Waals surface area (Å²) in [5.41, 5.74) is 1.90. The van der Waals surface area contributed by atoms with E-state index in [9.17, 15) is 5.11 Å². The second-order valence-corrected chi connectivity index (χ2v) is 7.93. The summed E-state index contributed by atoms with van der Waals surface area (Å²) >= 11 is 6.15. The van der Waals surface area contributed by atoms with Crippen molar-refractivity contribution in [3.63, 3.8) is 0 Å². The zero-order chi connectivity index (χ0) is 20.5. The molecule has 0 amide bonds. The molecule has 2 N–H and O–H groups in total. The lowest BCUT2D eigenvalue weighted by Gasteiger charge is -2.43. The first-order chi connectivity index (χ1) is 13.3. The molecule has 0 spiro atoms. The number of hydrogen-bond donors (Lipinski definition) is 2. The molecule has 0 saturated carbocycles. The molecule has 1 aromatic carbocycles. The van der Waals surface area contributed by atoms with E-state index in [4.69, 9.17) is 25.8 Å². The van der Waals surface area contributed by atoms with E-state index in [1.54, 1.807) is 0 Å². The molecule has 0 bridgehead atoms. The van der Waals surface area contributed by atoms with Crippen LogP contribution in [0.5, 0.6) is 5.75 Å². The Morgan fingerprint density at radius 1 is 1.25 bits per heavy atom. The van der Waals surface area contributed by atoms with Crippen LogP contribution < -0.4 is 10.1 Å². The Hall–Kier alpha value is -1.44. The van der Waals surface area contributed by atoms with Crippen LogP contribution in [-0.4, -0.2) is 47.8 Å². The zero-order valence-electron chi connectivity index (χ0n) is 17.1. The second-order valence-electron chi connectivity index (χ2n) is 7.55. The molecule has 3 rings (SSSR count). The molecule has 154 valence electrons. The number of pyridine rings is 1. The van der Waals surface area contributed by atoms with Gasteiger partial charge in [0.1, 0.15) is 22.6 Å². The quantitative estimate of drug-likeness (QED) is 0.537. The fraction of sp³-hybridized carbons (Fsp3) is 0.571. The minimum absolute atomic E-state index is 0.354. The summed E-state index contributed by atoms with van der Waals surface area (Å²) in [6.07, 6.45) is -1.14. The van der Waals surface area contributed by atoms with Crippen molar-refractivity contribution >= 4 is 22.5 Å². The summed E-state index contributed by atoms with van der Waals surface area (Å²) in [5, 5.41) is 15.8. The fourth-order valence-corrected chi connectivity index (χ4v) is 3.88. The first-order valence-corrected chi connectivity index (χ1v) is 10.1. The van der Waals surface area contributed by atoms with Gasteiger partial charge in [-0.3, -0.25) is 0 Å². The maximum absolute atomic E-state index is 11.0. The van der Waals surface area contributed by atoms with Gasteiger partial charge >= 0.3 is 0 Å². The van der Waals surface area contributed by atoms with Crippen LogP contribution in [0.25, 0.3) is 10.9 Å². The molecule has 1 aromatic heterocycles. The lowest BCUT2D eigenvalue weighted by atomic mass is 9.85. The predicted octanol–water partition coefficient (Wildman–Crippen LogP) is 3.76. The second kappa shape index (κ2) is 8.51. The molecule has 7 heteroatoms. The van der Waals surface area contributed by atoms with E-state index in [2.05, 4.69) is 10.3 Å². The van der Waals surface area contributed by atoms with Gasteiger partial charge < -0.3 is 24.6 Å². The third-order valence-corrected chi connectivity index (χ3v) is 5.26. The van der Waals surface area contributed by atoms with Crippen LogP contribution in [0.4, 0.5) is 0 Å². The third kappa shape index (κ3) is 4.26. The lowest BCUT2D eigenvalue weighted by molar-refractivity contribution is -0.138. The Bertz CT molecular complexity index is 837. The summed E-state index contributed by atoms with van der Waals surface area (Å²) < 4.78 is 17.4. The van der Waals surface area contributed by atoms with Crippen molar-refractivity contribution < 1.29 is 19.3 Å². The number of hydrogen-bond acceptors (Lipinski definition) is 6. The molecular formula is C21H29ClN2O4. The number of aromatic nitrogens is 1. The van der Waals surface area contributed by atoms with Crippen molar-refractivity contribution in [1.29, 1.82) is 0 Å². The van der Waals surface area contributed by atoms with Crippen LogP contribution in [0.3, 0.4) is 0 Å². The summed E-state index contributed by atoms with van der Waals surface area (Å²) in [6, 6.07) is 5.40. The normalized spacial score (nSPS) is 21.0. The molecule has 0 saturated heterocycles. The van der Waals surface area contributed by atoms with Gasteiger partial charge in [0.05, 0.1) is 11.6 Å². The smallest absolute Gasteiger partial charge is 0.169 e. The first kappa shape index (κ1) is 21.3. The van der Waals surface area contributed by atoms with Crippen molar-refractivity contribution in [3.8, 4) is 5.75 Å². The van der Waals surface area contributed by atoms with Gasteiger partial charge in [0.15, 0.2) is 6.29 Å². The number of aliphatic hydroxyl groups is 1. The van der Waals surface area contributed by atoms with E-state index in [1.807, 2.05) is 52.8 Å². The molecule has 2 atom stereocenters. The highest BCUT2D eigenvalue weighted by Gasteiger charge is 2.43. The molecule has 2 aromatic rings. The maximum atomic E-state index is 11.0. The number of aryl methyl sites for hydroxylation is 1. The average molecular weight is 409 g/mol. The van der Waals surface area contributed by atoms with Gasteiger partial charge in [-0.25, -0.2) is 4.98 Å². The maximum Gasteiger partial charge on any atom is 0.169 e. The number of benzene rings is 1. The van der Waals surface area contributed by atoms with Crippen LogP contribution in [-0.2, 0) is 9.47 Å². The van der Waals surface area contributed by atoms with Crippen LogP contribution in [0.15, 0.2) is 18.2 Å². The number of nitrogens with one attached hydrogen (secondary N) is 1. The van der Waals surface area contributed by atoms with Gasteiger partial charge in [0, 0.05) is 30.7 Å². The van der Waals surface area contributed by atoms with Crippen molar-refractivity contribution in [3.05, 3.63) is 34.5 Å².